The second-order valence-corrected chi connectivity index (χ2v) is 7.62. The monoisotopic (exact) mass is 322 g/mol. The van der Waals surface area contributed by atoms with Gasteiger partial charge in [0, 0.05) is 28.4 Å². The van der Waals surface area contributed by atoms with Gasteiger partial charge in [0.1, 0.15) is 0 Å². The average Bonchev–Trinajstić information content (AvgIpc) is 2.39. The normalized spacial score (nSPS) is 27.3. The number of fused-ring (bicyclic) bond motifs is 2. The Morgan fingerprint density at radius 2 is 1.95 bits per heavy atom. The summed E-state index contributed by atoms with van der Waals surface area (Å²) in [5.41, 5.74) is 0.245. The molecular weight excluding hydrogens is 300 g/mol. The molecule has 4 rings (SSSR count). The first kappa shape index (κ1) is 15.6. The van der Waals surface area contributed by atoms with Crippen LogP contribution in [-0.4, -0.2) is 28.1 Å². The van der Waals surface area contributed by atoms with Crippen LogP contribution in [0.5, 0.6) is 0 Å². The summed E-state index contributed by atoms with van der Waals surface area (Å²) in [5.74, 6) is 0.713. The number of nitrogens with one attached hydrogen (secondary N) is 1. The van der Waals surface area contributed by atoms with Gasteiger partial charge in [0.05, 0.1) is 5.60 Å². The highest BCUT2D eigenvalue weighted by Crippen LogP contribution is 2.41. The third-order valence-electron chi connectivity index (χ3n) is 4.79. The lowest BCUT2D eigenvalue weighted by Crippen LogP contribution is -2.63. The molecule has 4 nitrogen and oxygen atoms in total. The topological polar surface area (TPSA) is 52.6 Å². The molecule has 0 aromatic heterocycles. The number of nitrogens with zero attached hydrogens (tertiary/aromatic N) is 1. The zero-order valence-electron chi connectivity index (χ0n) is 13.3. The Labute approximate surface area is 136 Å². The molecule has 1 aliphatic carbocycles. The molecule has 1 saturated carbocycles. The average molecular weight is 323 g/mol. The molecule has 2 amide bonds. The molecule has 1 aromatic rings. The van der Waals surface area contributed by atoms with E-state index in [1.165, 1.54) is 0 Å². The van der Waals surface area contributed by atoms with Gasteiger partial charge in [-0.05, 0) is 57.2 Å². The summed E-state index contributed by atoms with van der Waals surface area (Å²) < 4.78 is 0. The minimum Gasteiger partial charge on any atom is -0.386 e. The van der Waals surface area contributed by atoms with E-state index in [0.717, 1.165) is 19.3 Å². The molecule has 2 aliphatic heterocycles. The zero-order chi connectivity index (χ0) is 16.1. The number of carbonyl (C=O) groups is 1. The fourth-order valence-electron chi connectivity index (χ4n) is 3.74. The van der Waals surface area contributed by atoms with Crippen molar-refractivity contribution >= 4 is 23.3 Å². The number of benzene rings is 1. The van der Waals surface area contributed by atoms with Crippen molar-refractivity contribution in [3.05, 3.63) is 28.8 Å². The second kappa shape index (κ2) is 5.43. The van der Waals surface area contributed by atoms with Gasteiger partial charge in [0.25, 0.3) is 0 Å². The summed E-state index contributed by atoms with van der Waals surface area (Å²) in [4.78, 5) is 14.5. The van der Waals surface area contributed by atoms with Gasteiger partial charge in [0.15, 0.2) is 0 Å². The van der Waals surface area contributed by atoms with E-state index in [1.807, 2.05) is 4.90 Å². The summed E-state index contributed by atoms with van der Waals surface area (Å²) >= 11 is 6.13. The smallest absolute Gasteiger partial charge is 0.322 e. The predicted molar refractivity (Wildman–Crippen MR) is 88.1 cm³/mol. The summed E-state index contributed by atoms with van der Waals surface area (Å²) in [5, 5.41) is 13.6. The largest absolute Gasteiger partial charge is 0.386 e. The van der Waals surface area contributed by atoms with Crippen molar-refractivity contribution < 1.29 is 9.90 Å². The van der Waals surface area contributed by atoms with Gasteiger partial charge in [0.2, 0.25) is 0 Å². The van der Waals surface area contributed by atoms with E-state index in [2.05, 4.69) is 12.2 Å². The standard InChI is InChI=1S/C17H23ClN2O2/c1-10-6-12-9-13(7-10)20(12)16(21)19-11-4-5-15(18)14(8-11)17(2,3)22/h4-5,8,10,12-13,22H,6-7,9H2,1-3H3,(H,19,21). The summed E-state index contributed by atoms with van der Waals surface area (Å²) in [6.45, 7) is 5.62. The van der Waals surface area contributed by atoms with Crippen LogP contribution in [0.1, 0.15) is 45.6 Å². The predicted octanol–water partition coefficient (Wildman–Crippen LogP) is 3.97. The number of piperidine rings is 1. The minimum absolute atomic E-state index is 0.0443. The fraction of sp³-hybridized carbons (Fsp3) is 0.588. The molecule has 0 spiro atoms. The van der Waals surface area contributed by atoms with E-state index in [1.54, 1.807) is 32.0 Å². The van der Waals surface area contributed by atoms with Crippen molar-refractivity contribution in [2.24, 2.45) is 5.92 Å². The number of halogens is 1. The lowest BCUT2D eigenvalue weighted by atomic mass is 9.74. The Bertz CT molecular complexity index is 585. The zero-order valence-corrected chi connectivity index (χ0v) is 14.0. The molecule has 2 atom stereocenters. The van der Waals surface area contributed by atoms with Crippen molar-refractivity contribution in [3.63, 3.8) is 0 Å². The quantitative estimate of drug-likeness (QED) is 0.865. The Morgan fingerprint density at radius 1 is 1.32 bits per heavy atom. The molecule has 2 saturated heterocycles. The molecule has 3 aliphatic rings. The number of carbonyl (C=O) groups excluding carboxylic acids is 1. The number of hydrogen-bond acceptors (Lipinski definition) is 2. The molecule has 5 heteroatoms. The SMILES string of the molecule is CC1CC2CC(C1)N2C(=O)Nc1ccc(Cl)c(C(C)(C)O)c1. The lowest BCUT2D eigenvalue weighted by Gasteiger charge is -2.54. The summed E-state index contributed by atoms with van der Waals surface area (Å²) in [6.07, 6.45) is 3.33. The van der Waals surface area contributed by atoms with Gasteiger partial charge in [-0.3, -0.25) is 0 Å². The second-order valence-electron chi connectivity index (χ2n) is 7.21. The molecule has 2 unspecified atom stereocenters. The van der Waals surface area contributed by atoms with Crippen molar-refractivity contribution in [2.75, 3.05) is 5.32 Å². The van der Waals surface area contributed by atoms with Crippen LogP contribution in [0.4, 0.5) is 10.5 Å². The molecule has 0 radical (unpaired) electrons. The number of aliphatic hydroxyl groups is 1. The van der Waals surface area contributed by atoms with E-state index in [-0.39, 0.29) is 6.03 Å². The van der Waals surface area contributed by atoms with Crippen LogP contribution >= 0.6 is 11.6 Å². The third-order valence-corrected chi connectivity index (χ3v) is 5.12. The first-order valence-electron chi connectivity index (χ1n) is 7.87. The van der Waals surface area contributed by atoms with E-state index in [4.69, 9.17) is 11.6 Å². The summed E-state index contributed by atoms with van der Waals surface area (Å²) in [7, 11) is 0. The molecule has 2 N–H and O–H groups in total. The van der Waals surface area contributed by atoms with Gasteiger partial charge in [-0.15, -0.1) is 0 Å². The number of hydrogen-bond donors (Lipinski definition) is 2. The van der Waals surface area contributed by atoms with Crippen molar-refractivity contribution in [1.82, 2.24) is 4.90 Å². The summed E-state index contributed by atoms with van der Waals surface area (Å²) in [6, 6.07) is 5.96. The van der Waals surface area contributed by atoms with Gasteiger partial charge >= 0.3 is 6.03 Å². The van der Waals surface area contributed by atoms with E-state index in [0.29, 0.717) is 34.3 Å². The first-order chi connectivity index (χ1) is 10.3. The Kier molecular flexibility index (Phi) is 3.86. The Hall–Kier alpha value is -1.26. The molecule has 2 bridgehead atoms. The van der Waals surface area contributed by atoms with Crippen LogP contribution in [0.25, 0.3) is 0 Å². The van der Waals surface area contributed by atoms with Crippen LogP contribution in [0.3, 0.4) is 0 Å². The number of anilines is 1. The number of urea groups is 1. The third kappa shape index (κ3) is 2.82. The van der Waals surface area contributed by atoms with Crippen molar-refractivity contribution in [3.8, 4) is 0 Å². The number of rotatable bonds is 2. The molecule has 22 heavy (non-hydrogen) atoms. The van der Waals surface area contributed by atoms with E-state index in [9.17, 15) is 9.90 Å². The van der Waals surface area contributed by atoms with Crippen molar-refractivity contribution in [1.29, 1.82) is 0 Å². The van der Waals surface area contributed by atoms with Gasteiger partial charge < -0.3 is 15.3 Å². The molecular formula is C17H23ClN2O2. The molecule has 3 fully saturated rings. The first-order valence-corrected chi connectivity index (χ1v) is 8.25. The molecule has 2 heterocycles. The maximum Gasteiger partial charge on any atom is 0.322 e. The van der Waals surface area contributed by atoms with Crippen molar-refractivity contribution in [2.45, 2.75) is 57.7 Å². The Morgan fingerprint density at radius 3 is 2.55 bits per heavy atom. The van der Waals surface area contributed by atoms with Crippen LogP contribution in [0, 0.1) is 5.92 Å². The van der Waals surface area contributed by atoms with Crippen LogP contribution in [0.2, 0.25) is 5.02 Å². The molecule has 1 aromatic carbocycles. The maximum atomic E-state index is 12.5. The minimum atomic E-state index is -1.04. The van der Waals surface area contributed by atoms with Crippen LogP contribution < -0.4 is 5.32 Å². The highest BCUT2D eigenvalue weighted by molar-refractivity contribution is 6.31. The van der Waals surface area contributed by atoms with Gasteiger partial charge in [-0.2, -0.15) is 0 Å². The highest BCUT2D eigenvalue weighted by atomic mass is 35.5. The molecule has 120 valence electrons. The van der Waals surface area contributed by atoms with Gasteiger partial charge in [-0.25, -0.2) is 4.79 Å². The number of amides is 2. The van der Waals surface area contributed by atoms with E-state index < -0.39 is 5.60 Å². The maximum absolute atomic E-state index is 12.5. The van der Waals surface area contributed by atoms with Gasteiger partial charge in [-0.1, -0.05) is 18.5 Å². The highest BCUT2D eigenvalue weighted by Gasteiger charge is 2.46. The Balaban J connectivity index is 1.73. The van der Waals surface area contributed by atoms with E-state index >= 15 is 0 Å². The van der Waals surface area contributed by atoms with Crippen LogP contribution in [0.15, 0.2) is 18.2 Å². The van der Waals surface area contributed by atoms with Crippen LogP contribution in [-0.2, 0) is 5.60 Å². The lowest BCUT2D eigenvalue weighted by molar-refractivity contribution is -0.00602. The fourth-order valence-corrected chi connectivity index (χ4v) is 4.09.